The van der Waals surface area contributed by atoms with Crippen LogP contribution in [0.3, 0.4) is 0 Å². The van der Waals surface area contributed by atoms with Gasteiger partial charge in [-0.25, -0.2) is 4.98 Å². The summed E-state index contributed by atoms with van der Waals surface area (Å²) < 4.78 is 2.33. The molecule has 2 rings (SSSR count). The van der Waals surface area contributed by atoms with Gasteiger partial charge in [0.05, 0.1) is 0 Å². The van der Waals surface area contributed by atoms with E-state index in [1.807, 2.05) is 6.20 Å². The van der Waals surface area contributed by atoms with Gasteiger partial charge in [-0.15, -0.1) is 0 Å². The van der Waals surface area contributed by atoms with Crippen molar-refractivity contribution in [3.05, 3.63) is 18.2 Å². The van der Waals surface area contributed by atoms with Gasteiger partial charge in [0.15, 0.2) is 0 Å². The highest BCUT2D eigenvalue weighted by Gasteiger charge is 2.36. The summed E-state index contributed by atoms with van der Waals surface area (Å²) in [4.78, 5) is 4.42. The molecule has 0 amide bonds. The smallest absolute Gasteiger partial charge is 0.108 e. The van der Waals surface area contributed by atoms with Gasteiger partial charge < -0.3 is 4.57 Å². The maximum Gasteiger partial charge on any atom is 0.108 e. The molecular weight excluding hydrogens is 204 g/mol. The second-order valence-corrected chi connectivity index (χ2v) is 5.05. The van der Waals surface area contributed by atoms with Crippen LogP contribution in [-0.2, 0) is 13.0 Å². The number of nitrogens with zero attached hydrogens (tertiary/aromatic N) is 2. The molecule has 1 fully saturated rings. The molecule has 84 valence electrons. The summed E-state index contributed by atoms with van der Waals surface area (Å²) in [7, 11) is 0. The molecule has 1 aromatic rings. The summed E-state index contributed by atoms with van der Waals surface area (Å²) in [6.07, 6.45) is 10.4. The number of aryl methyl sites for hydroxylation is 1. The highest BCUT2D eigenvalue weighted by molar-refractivity contribution is 7.80. The molecule has 0 saturated heterocycles. The third-order valence-electron chi connectivity index (χ3n) is 3.53. The number of thiol groups is 1. The van der Waals surface area contributed by atoms with Crippen LogP contribution in [0.1, 0.15) is 38.4 Å². The lowest BCUT2D eigenvalue weighted by atomic mass is 9.70. The van der Waals surface area contributed by atoms with Crippen LogP contribution in [0.4, 0.5) is 0 Å². The second-order valence-electron chi connectivity index (χ2n) is 4.73. The SMILES string of the molecule is CCCc1nccn1CC1(CS)CCC1. The van der Waals surface area contributed by atoms with E-state index in [4.69, 9.17) is 0 Å². The minimum Gasteiger partial charge on any atom is -0.334 e. The molecule has 0 radical (unpaired) electrons. The molecule has 2 nitrogen and oxygen atoms in total. The van der Waals surface area contributed by atoms with Crippen LogP contribution < -0.4 is 0 Å². The van der Waals surface area contributed by atoms with E-state index in [2.05, 4.69) is 35.3 Å². The molecule has 0 bridgehead atoms. The minimum atomic E-state index is 0.465. The van der Waals surface area contributed by atoms with Gasteiger partial charge in [0, 0.05) is 25.4 Å². The Morgan fingerprint density at radius 3 is 2.87 bits per heavy atom. The van der Waals surface area contributed by atoms with Gasteiger partial charge in [0.2, 0.25) is 0 Å². The molecule has 1 aromatic heterocycles. The zero-order valence-electron chi connectivity index (χ0n) is 9.45. The van der Waals surface area contributed by atoms with Gasteiger partial charge in [-0.2, -0.15) is 12.6 Å². The maximum atomic E-state index is 4.50. The Bertz CT molecular complexity index is 310. The van der Waals surface area contributed by atoms with Crippen molar-refractivity contribution in [3.63, 3.8) is 0 Å². The fourth-order valence-electron chi connectivity index (χ4n) is 2.34. The Morgan fingerprint density at radius 1 is 1.53 bits per heavy atom. The number of imidazole rings is 1. The monoisotopic (exact) mass is 224 g/mol. The molecule has 0 aromatic carbocycles. The Hall–Kier alpha value is -0.440. The third-order valence-corrected chi connectivity index (χ3v) is 4.20. The van der Waals surface area contributed by atoms with Gasteiger partial charge in [0.25, 0.3) is 0 Å². The topological polar surface area (TPSA) is 17.8 Å². The lowest BCUT2D eigenvalue weighted by Gasteiger charge is -2.41. The molecule has 1 aliphatic carbocycles. The molecule has 0 spiro atoms. The van der Waals surface area contributed by atoms with E-state index in [9.17, 15) is 0 Å². The van der Waals surface area contributed by atoms with Crippen LogP contribution in [0.2, 0.25) is 0 Å². The van der Waals surface area contributed by atoms with Crippen molar-refractivity contribution in [2.45, 2.75) is 45.6 Å². The summed E-state index contributed by atoms with van der Waals surface area (Å²) in [5.74, 6) is 2.25. The zero-order valence-corrected chi connectivity index (χ0v) is 10.3. The molecular formula is C12H20N2S. The van der Waals surface area contributed by atoms with E-state index in [-0.39, 0.29) is 0 Å². The third kappa shape index (κ3) is 2.22. The molecule has 3 heteroatoms. The van der Waals surface area contributed by atoms with Crippen LogP contribution in [0, 0.1) is 5.41 Å². The Labute approximate surface area is 97.5 Å². The number of hydrogen-bond acceptors (Lipinski definition) is 2. The fraction of sp³-hybridized carbons (Fsp3) is 0.750. The van der Waals surface area contributed by atoms with Crippen LogP contribution in [0.25, 0.3) is 0 Å². The predicted octanol–water partition coefficient (Wildman–Crippen LogP) is 2.94. The van der Waals surface area contributed by atoms with Gasteiger partial charge in [-0.3, -0.25) is 0 Å². The largest absolute Gasteiger partial charge is 0.334 e. The summed E-state index contributed by atoms with van der Waals surface area (Å²) in [6.45, 7) is 3.32. The van der Waals surface area contributed by atoms with Crippen molar-refractivity contribution in [1.29, 1.82) is 0 Å². The van der Waals surface area contributed by atoms with E-state index in [0.717, 1.165) is 18.7 Å². The first-order chi connectivity index (χ1) is 7.29. The summed E-state index contributed by atoms with van der Waals surface area (Å²) >= 11 is 4.50. The van der Waals surface area contributed by atoms with Gasteiger partial charge in [-0.1, -0.05) is 13.3 Å². The molecule has 0 N–H and O–H groups in total. The van der Waals surface area contributed by atoms with E-state index < -0.39 is 0 Å². The first kappa shape index (κ1) is 11.1. The van der Waals surface area contributed by atoms with Crippen molar-refractivity contribution in [3.8, 4) is 0 Å². The lowest BCUT2D eigenvalue weighted by molar-refractivity contribution is 0.137. The Morgan fingerprint density at radius 2 is 2.33 bits per heavy atom. The van der Waals surface area contributed by atoms with E-state index in [1.54, 1.807) is 0 Å². The summed E-state index contributed by atoms with van der Waals surface area (Å²) in [5.41, 5.74) is 0.465. The van der Waals surface area contributed by atoms with Gasteiger partial charge in [-0.05, 0) is 30.4 Å². The molecule has 1 aliphatic rings. The predicted molar refractivity (Wildman–Crippen MR) is 66.4 cm³/mol. The quantitative estimate of drug-likeness (QED) is 0.761. The minimum absolute atomic E-state index is 0.465. The van der Waals surface area contributed by atoms with Crippen LogP contribution in [-0.4, -0.2) is 15.3 Å². The van der Waals surface area contributed by atoms with Crippen molar-refractivity contribution in [2.24, 2.45) is 5.41 Å². The van der Waals surface area contributed by atoms with E-state index >= 15 is 0 Å². The number of hydrogen-bond donors (Lipinski definition) is 1. The highest BCUT2D eigenvalue weighted by atomic mass is 32.1. The molecule has 0 atom stereocenters. The fourth-order valence-corrected chi connectivity index (χ4v) is 2.76. The average molecular weight is 224 g/mol. The van der Waals surface area contributed by atoms with E-state index in [0.29, 0.717) is 5.41 Å². The van der Waals surface area contributed by atoms with Crippen LogP contribution in [0.15, 0.2) is 12.4 Å². The molecule has 15 heavy (non-hydrogen) atoms. The second kappa shape index (κ2) is 4.60. The first-order valence-electron chi connectivity index (χ1n) is 5.90. The summed E-state index contributed by atoms with van der Waals surface area (Å²) in [6, 6.07) is 0. The molecule has 0 unspecified atom stereocenters. The molecule has 1 saturated carbocycles. The van der Waals surface area contributed by atoms with Crippen LogP contribution >= 0.6 is 12.6 Å². The zero-order chi connectivity index (χ0) is 10.7. The standard InChI is InChI=1S/C12H20N2S/c1-2-4-11-13-7-8-14(11)9-12(10-15)5-3-6-12/h7-8,15H,2-6,9-10H2,1H3. The maximum absolute atomic E-state index is 4.50. The Kier molecular flexibility index (Phi) is 3.39. The Balaban J connectivity index is 2.06. The average Bonchev–Trinajstić information content (AvgIpc) is 2.60. The van der Waals surface area contributed by atoms with Gasteiger partial charge in [0.1, 0.15) is 5.82 Å². The van der Waals surface area contributed by atoms with E-state index in [1.165, 1.54) is 31.5 Å². The molecule has 0 aliphatic heterocycles. The lowest BCUT2D eigenvalue weighted by Crippen LogP contribution is -2.36. The van der Waals surface area contributed by atoms with Crippen molar-refractivity contribution < 1.29 is 0 Å². The normalized spacial score (nSPS) is 18.8. The van der Waals surface area contributed by atoms with Gasteiger partial charge >= 0.3 is 0 Å². The number of rotatable bonds is 5. The van der Waals surface area contributed by atoms with Crippen molar-refractivity contribution in [2.75, 3.05) is 5.75 Å². The van der Waals surface area contributed by atoms with Crippen molar-refractivity contribution in [1.82, 2.24) is 9.55 Å². The molecule has 1 heterocycles. The summed E-state index contributed by atoms with van der Waals surface area (Å²) in [5, 5.41) is 0. The number of aromatic nitrogens is 2. The highest BCUT2D eigenvalue weighted by Crippen LogP contribution is 2.43. The first-order valence-corrected chi connectivity index (χ1v) is 6.54. The van der Waals surface area contributed by atoms with Crippen LogP contribution in [0.5, 0.6) is 0 Å². The van der Waals surface area contributed by atoms with Crippen molar-refractivity contribution >= 4 is 12.6 Å².